The van der Waals surface area contributed by atoms with Crippen LogP contribution in [0.25, 0.3) is 0 Å². The quantitative estimate of drug-likeness (QED) is 0.379. The van der Waals surface area contributed by atoms with Gasteiger partial charge in [-0.3, -0.25) is 9.80 Å². The molecule has 4 heterocycles. The van der Waals surface area contributed by atoms with E-state index in [1.165, 1.54) is 45.6 Å². The van der Waals surface area contributed by atoms with Gasteiger partial charge in [-0.05, 0) is 79.4 Å². The fourth-order valence-corrected chi connectivity index (χ4v) is 6.80. The maximum Gasteiger partial charge on any atom is 0.225 e. The van der Waals surface area contributed by atoms with Crippen LogP contribution in [0.5, 0.6) is 5.75 Å². The number of piperazine rings is 1. The molecule has 9 heteroatoms. The highest BCUT2D eigenvalue weighted by Gasteiger charge is 2.35. The van der Waals surface area contributed by atoms with Crippen molar-refractivity contribution in [3.63, 3.8) is 0 Å². The van der Waals surface area contributed by atoms with Crippen molar-refractivity contribution in [3.8, 4) is 11.8 Å². The molecule has 43 heavy (non-hydrogen) atoms. The third-order valence-corrected chi connectivity index (χ3v) is 9.66. The summed E-state index contributed by atoms with van der Waals surface area (Å²) in [6, 6.07) is 18.5. The van der Waals surface area contributed by atoms with Crippen LogP contribution in [0, 0.1) is 17.2 Å². The number of likely N-dealkylation sites (tertiary alicyclic amines) is 1. The summed E-state index contributed by atoms with van der Waals surface area (Å²) in [6.45, 7) is 14.8. The molecule has 3 aromatic rings. The molecule has 3 fully saturated rings. The molecule has 1 N–H and O–H groups in total. The number of benzene rings is 2. The van der Waals surface area contributed by atoms with Crippen LogP contribution in [0.3, 0.4) is 0 Å². The zero-order valence-corrected chi connectivity index (χ0v) is 26.1. The molecule has 8 nitrogen and oxygen atoms in total. The van der Waals surface area contributed by atoms with Gasteiger partial charge >= 0.3 is 0 Å². The number of anilines is 1. The predicted molar refractivity (Wildman–Crippen MR) is 171 cm³/mol. The van der Waals surface area contributed by atoms with Gasteiger partial charge in [-0.25, -0.2) is 9.97 Å². The van der Waals surface area contributed by atoms with Crippen LogP contribution in [0.15, 0.2) is 54.7 Å². The molecule has 3 saturated heterocycles. The largest absolute Gasteiger partial charge is 0.487 e. The van der Waals surface area contributed by atoms with Crippen molar-refractivity contribution in [2.45, 2.75) is 44.8 Å². The number of nitrogens with one attached hydrogen (secondary N) is 1. The fraction of sp³-hybridized carbons (Fsp3) is 0.500. The van der Waals surface area contributed by atoms with E-state index in [0.29, 0.717) is 23.2 Å². The maximum absolute atomic E-state index is 9.35. The smallest absolute Gasteiger partial charge is 0.225 e. The summed E-state index contributed by atoms with van der Waals surface area (Å²) < 4.78 is 6.11. The number of halogens is 1. The zero-order chi connectivity index (χ0) is 29.8. The standard InChI is InChI=1S/C34H42ClN7O/c1-34(2,28-17-26(20-36)18-29(35)19-28)27-3-5-32(6-4-27)43-24-30-9-12-38-33(39-30)42-15-13-41(14-16-42)31-22-40(23-31)21-25-7-10-37-11-8-25/h3-6,9,12,17-19,25,31,37H,7-8,10-11,13-16,21-24H2,1-2H3. The van der Waals surface area contributed by atoms with Crippen LogP contribution in [0.4, 0.5) is 5.95 Å². The average Bonchev–Trinajstić information content (AvgIpc) is 3.02. The highest BCUT2D eigenvalue weighted by atomic mass is 35.5. The van der Waals surface area contributed by atoms with E-state index in [2.05, 4.69) is 57.0 Å². The third-order valence-electron chi connectivity index (χ3n) is 9.44. The Morgan fingerprint density at radius 2 is 1.74 bits per heavy atom. The van der Waals surface area contributed by atoms with Crippen LogP contribution in [-0.2, 0) is 12.0 Å². The van der Waals surface area contributed by atoms with E-state index in [-0.39, 0.29) is 5.41 Å². The molecule has 0 amide bonds. The first kappa shape index (κ1) is 29.8. The van der Waals surface area contributed by atoms with Gasteiger partial charge in [-0.2, -0.15) is 5.26 Å². The normalized spacial score (nSPS) is 19.2. The molecule has 6 rings (SSSR count). The Morgan fingerprint density at radius 3 is 2.47 bits per heavy atom. The van der Waals surface area contributed by atoms with E-state index in [4.69, 9.17) is 21.3 Å². The number of hydrogen-bond acceptors (Lipinski definition) is 8. The molecule has 0 atom stereocenters. The highest BCUT2D eigenvalue weighted by molar-refractivity contribution is 6.30. The highest BCUT2D eigenvalue weighted by Crippen LogP contribution is 2.34. The molecule has 2 aromatic carbocycles. The number of aromatic nitrogens is 2. The lowest BCUT2D eigenvalue weighted by molar-refractivity contribution is 0.0180. The average molecular weight is 600 g/mol. The molecule has 0 radical (unpaired) electrons. The molecular formula is C34H42ClN7O. The van der Waals surface area contributed by atoms with Crippen molar-refractivity contribution in [1.29, 1.82) is 5.26 Å². The molecule has 1 aromatic heterocycles. The summed E-state index contributed by atoms with van der Waals surface area (Å²) in [6.07, 6.45) is 4.49. The van der Waals surface area contributed by atoms with Crippen LogP contribution in [0.2, 0.25) is 5.02 Å². The Kier molecular flexibility index (Phi) is 9.15. The molecule has 0 aliphatic carbocycles. The number of piperidine rings is 1. The van der Waals surface area contributed by atoms with Gasteiger partial charge in [0.1, 0.15) is 12.4 Å². The first-order valence-electron chi connectivity index (χ1n) is 15.6. The number of ether oxygens (including phenoxy) is 1. The second-order valence-corrected chi connectivity index (χ2v) is 13.2. The molecule has 0 spiro atoms. The van der Waals surface area contributed by atoms with Crippen molar-refractivity contribution in [1.82, 2.24) is 25.1 Å². The van der Waals surface area contributed by atoms with Gasteiger partial charge in [0.05, 0.1) is 17.3 Å². The van der Waals surface area contributed by atoms with Gasteiger partial charge in [0, 0.05) is 68.5 Å². The lowest BCUT2D eigenvalue weighted by atomic mass is 9.78. The van der Waals surface area contributed by atoms with E-state index in [9.17, 15) is 5.26 Å². The van der Waals surface area contributed by atoms with Crippen molar-refractivity contribution >= 4 is 17.5 Å². The molecule has 226 valence electrons. The van der Waals surface area contributed by atoms with E-state index in [0.717, 1.165) is 60.6 Å². The van der Waals surface area contributed by atoms with Crippen molar-refractivity contribution in [2.75, 3.05) is 63.8 Å². The molecule has 0 unspecified atom stereocenters. The summed E-state index contributed by atoms with van der Waals surface area (Å²) in [5, 5.41) is 13.4. The first-order chi connectivity index (χ1) is 20.9. The van der Waals surface area contributed by atoms with Gasteiger partial charge in [0.15, 0.2) is 0 Å². The van der Waals surface area contributed by atoms with E-state index < -0.39 is 0 Å². The SMILES string of the molecule is CC(C)(c1ccc(OCc2ccnc(N3CCN(C4CN(CC5CCNCC5)C4)CC3)n2)cc1)c1cc(Cl)cc(C#N)c1. The van der Waals surface area contributed by atoms with Crippen LogP contribution < -0.4 is 15.0 Å². The van der Waals surface area contributed by atoms with Gasteiger partial charge in [0.2, 0.25) is 5.95 Å². The second-order valence-electron chi connectivity index (χ2n) is 12.7. The Bertz CT molecular complexity index is 1420. The first-order valence-corrected chi connectivity index (χ1v) is 15.9. The minimum atomic E-state index is -0.314. The third kappa shape index (κ3) is 7.13. The Morgan fingerprint density at radius 1 is 1.00 bits per heavy atom. The van der Waals surface area contributed by atoms with E-state index >= 15 is 0 Å². The van der Waals surface area contributed by atoms with Crippen LogP contribution >= 0.6 is 11.6 Å². The monoisotopic (exact) mass is 599 g/mol. The van der Waals surface area contributed by atoms with Gasteiger partial charge < -0.3 is 15.0 Å². The summed E-state index contributed by atoms with van der Waals surface area (Å²) >= 11 is 6.28. The fourth-order valence-electron chi connectivity index (χ4n) is 6.56. The lowest BCUT2D eigenvalue weighted by Gasteiger charge is -2.49. The second kappa shape index (κ2) is 13.2. The number of hydrogen-bond donors (Lipinski definition) is 1. The molecule has 3 aliphatic heterocycles. The van der Waals surface area contributed by atoms with Crippen molar-refractivity contribution in [3.05, 3.63) is 82.1 Å². The van der Waals surface area contributed by atoms with E-state index in [1.807, 2.05) is 36.5 Å². The summed E-state index contributed by atoms with van der Waals surface area (Å²) in [5.74, 6) is 2.45. The number of rotatable bonds is 9. The molecule has 0 bridgehead atoms. The zero-order valence-electron chi connectivity index (χ0n) is 25.3. The van der Waals surface area contributed by atoms with Gasteiger partial charge in [0.25, 0.3) is 0 Å². The Labute approximate surface area is 260 Å². The lowest BCUT2D eigenvalue weighted by Crippen LogP contribution is -2.63. The van der Waals surface area contributed by atoms with Gasteiger partial charge in [-0.15, -0.1) is 0 Å². The molecular weight excluding hydrogens is 558 g/mol. The maximum atomic E-state index is 9.35. The van der Waals surface area contributed by atoms with Crippen LogP contribution in [0.1, 0.15) is 49.1 Å². The molecule has 3 aliphatic rings. The van der Waals surface area contributed by atoms with Crippen molar-refractivity contribution in [2.24, 2.45) is 5.92 Å². The minimum absolute atomic E-state index is 0.314. The summed E-state index contributed by atoms with van der Waals surface area (Å²) in [5.41, 5.74) is 3.24. The topological polar surface area (TPSA) is 80.6 Å². The van der Waals surface area contributed by atoms with Crippen LogP contribution in [-0.4, -0.2) is 84.7 Å². The Hall–Kier alpha value is -3.22. The summed E-state index contributed by atoms with van der Waals surface area (Å²) in [4.78, 5) is 17.0. The number of nitriles is 1. The minimum Gasteiger partial charge on any atom is -0.487 e. The predicted octanol–water partition coefficient (Wildman–Crippen LogP) is 4.71. The molecule has 0 saturated carbocycles. The number of nitrogens with zero attached hydrogens (tertiary/aromatic N) is 6. The van der Waals surface area contributed by atoms with E-state index in [1.54, 1.807) is 6.07 Å². The Balaban J connectivity index is 0.982. The summed E-state index contributed by atoms with van der Waals surface area (Å²) in [7, 11) is 0. The van der Waals surface area contributed by atoms with Crippen molar-refractivity contribution < 1.29 is 4.74 Å². The van der Waals surface area contributed by atoms with Gasteiger partial charge in [-0.1, -0.05) is 37.6 Å².